The molecule has 0 aromatic heterocycles. The molecule has 1 aliphatic carbocycles. The average Bonchev–Trinajstić information content (AvgIpc) is 3.22. The van der Waals surface area contributed by atoms with E-state index < -0.39 is 0 Å². The number of fused-ring (bicyclic) bond motifs is 1. The standard InChI is InChI=1S/C24H28N2O3/c1-26(20-8-3-2-4-9-20)16-19-7-5-6-10-21(19)25-24(27)14-12-18-11-13-22-23(15-18)29-17-28-22/h5-7,10-15,20H,2-4,8-9,16-17H2,1H3,(H,25,27)/b14-12+. The average molecular weight is 392 g/mol. The fourth-order valence-electron chi connectivity index (χ4n) is 4.06. The smallest absolute Gasteiger partial charge is 0.248 e. The van der Waals surface area contributed by atoms with Crippen molar-refractivity contribution in [3.05, 3.63) is 59.7 Å². The summed E-state index contributed by atoms with van der Waals surface area (Å²) < 4.78 is 10.7. The van der Waals surface area contributed by atoms with Crippen molar-refractivity contribution >= 4 is 17.7 Å². The van der Waals surface area contributed by atoms with E-state index in [1.165, 1.54) is 32.1 Å². The highest BCUT2D eigenvalue weighted by Gasteiger charge is 2.19. The van der Waals surface area contributed by atoms with Gasteiger partial charge in [-0.3, -0.25) is 9.69 Å². The lowest BCUT2D eigenvalue weighted by Crippen LogP contribution is -2.33. The number of carbonyl (C=O) groups excluding carboxylic acids is 1. The van der Waals surface area contributed by atoms with Gasteiger partial charge in [0.2, 0.25) is 12.7 Å². The Balaban J connectivity index is 1.39. The predicted octanol–water partition coefficient (Wildman–Crippen LogP) is 4.83. The molecule has 5 heteroatoms. The van der Waals surface area contributed by atoms with Crippen molar-refractivity contribution in [2.75, 3.05) is 19.2 Å². The Bertz CT molecular complexity index is 887. The fraction of sp³-hybridized carbons (Fsp3) is 0.375. The minimum absolute atomic E-state index is 0.143. The van der Waals surface area contributed by atoms with E-state index in [1.807, 2.05) is 36.4 Å². The third-order valence-corrected chi connectivity index (χ3v) is 5.72. The number of ether oxygens (including phenoxy) is 2. The van der Waals surface area contributed by atoms with Crippen molar-refractivity contribution in [2.24, 2.45) is 0 Å². The summed E-state index contributed by atoms with van der Waals surface area (Å²) in [4.78, 5) is 14.9. The van der Waals surface area contributed by atoms with Crippen LogP contribution in [0, 0.1) is 0 Å². The van der Waals surface area contributed by atoms with Gasteiger partial charge in [-0.15, -0.1) is 0 Å². The second kappa shape index (κ2) is 9.14. The summed E-state index contributed by atoms with van der Waals surface area (Å²) in [5, 5.41) is 3.03. The van der Waals surface area contributed by atoms with E-state index >= 15 is 0 Å². The van der Waals surface area contributed by atoms with Gasteiger partial charge in [0.25, 0.3) is 0 Å². The Morgan fingerprint density at radius 3 is 2.76 bits per heavy atom. The number of anilines is 1. The number of nitrogens with zero attached hydrogens (tertiary/aromatic N) is 1. The normalized spacial score (nSPS) is 16.5. The summed E-state index contributed by atoms with van der Waals surface area (Å²) in [6, 6.07) is 14.3. The van der Waals surface area contributed by atoms with Crippen LogP contribution in [0.15, 0.2) is 48.5 Å². The topological polar surface area (TPSA) is 50.8 Å². The van der Waals surface area contributed by atoms with E-state index in [9.17, 15) is 4.79 Å². The zero-order valence-corrected chi connectivity index (χ0v) is 16.9. The van der Waals surface area contributed by atoms with Crippen LogP contribution >= 0.6 is 0 Å². The Hall–Kier alpha value is -2.79. The lowest BCUT2D eigenvalue weighted by Gasteiger charge is -2.31. The van der Waals surface area contributed by atoms with Crippen LogP contribution in [0.1, 0.15) is 43.2 Å². The Kier molecular flexibility index (Phi) is 6.15. The van der Waals surface area contributed by atoms with E-state index in [0.717, 1.165) is 29.1 Å². The second-order valence-corrected chi connectivity index (χ2v) is 7.80. The summed E-state index contributed by atoms with van der Waals surface area (Å²) >= 11 is 0. The molecular formula is C24H28N2O3. The van der Waals surface area contributed by atoms with E-state index in [0.29, 0.717) is 11.8 Å². The Labute approximate surface area is 172 Å². The van der Waals surface area contributed by atoms with Crippen LogP contribution < -0.4 is 14.8 Å². The molecule has 1 amide bonds. The molecule has 0 saturated heterocycles. The van der Waals surface area contributed by atoms with Crippen molar-refractivity contribution in [1.29, 1.82) is 0 Å². The Morgan fingerprint density at radius 1 is 1.10 bits per heavy atom. The number of para-hydroxylation sites is 1. The maximum absolute atomic E-state index is 12.5. The number of amides is 1. The molecule has 29 heavy (non-hydrogen) atoms. The van der Waals surface area contributed by atoms with Crippen LogP contribution in [0.25, 0.3) is 6.08 Å². The molecule has 5 nitrogen and oxygen atoms in total. The van der Waals surface area contributed by atoms with Gasteiger partial charge >= 0.3 is 0 Å². The first-order chi connectivity index (χ1) is 14.2. The number of carbonyl (C=O) groups is 1. The number of rotatable bonds is 6. The van der Waals surface area contributed by atoms with Crippen molar-refractivity contribution < 1.29 is 14.3 Å². The maximum Gasteiger partial charge on any atom is 0.248 e. The van der Waals surface area contributed by atoms with Crippen molar-refractivity contribution in [3.8, 4) is 11.5 Å². The summed E-state index contributed by atoms with van der Waals surface area (Å²) in [6.07, 6.45) is 9.86. The molecule has 0 radical (unpaired) electrons. The molecule has 0 unspecified atom stereocenters. The number of hydrogen-bond acceptors (Lipinski definition) is 4. The van der Waals surface area contributed by atoms with Gasteiger partial charge in [-0.05, 0) is 55.3 Å². The molecule has 1 saturated carbocycles. The molecule has 1 heterocycles. The minimum Gasteiger partial charge on any atom is -0.454 e. The quantitative estimate of drug-likeness (QED) is 0.715. The fourth-order valence-corrected chi connectivity index (χ4v) is 4.06. The second-order valence-electron chi connectivity index (χ2n) is 7.80. The van der Waals surface area contributed by atoms with E-state index in [1.54, 1.807) is 12.2 Å². The lowest BCUT2D eigenvalue weighted by molar-refractivity contribution is -0.111. The van der Waals surface area contributed by atoms with E-state index in [2.05, 4.69) is 23.3 Å². The largest absolute Gasteiger partial charge is 0.454 e. The van der Waals surface area contributed by atoms with E-state index in [-0.39, 0.29) is 12.7 Å². The van der Waals surface area contributed by atoms with E-state index in [4.69, 9.17) is 9.47 Å². The summed E-state index contributed by atoms with van der Waals surface area (Å²) in [5.74, 6) is 1.31. The molecule has 0 bridgehead atoms. The van der Waals surface area contributed by atoms with Crippen LogP contribution in [0.2, 0.25) is 0 Å². The Morgan fingerprint density at radius 2 is 1.90 bits per heavy atom. The highest BCUT2D eigenvalue weighted by molar-refractivity contribution is 6.02. The molecule has 1 N–H and O–H groups in total. The van der Waals surface area contributed by atoms with Gasteiger partial charge in [0.15, 0.2) is 11.5 Å². The maximum atomic E-state index is 12.5. The lowest BCUT2D eigenvalue weighted by atomic mass is 9.94. The van der Waals surface area contributed by atoms with Crippen LogP contribution in [0.3, 0.4) is 0 Å². The molecule has 4 rings (SSSR count). The first kappa shape index (κ1) is 19.5. The molecule has 2 aliphatic rings. The summed E-state index contributed by atoms with van der Waals surface area (Å²) in [5.41, 5.74) is 2.91. The van der Waals surface area contributed by atoms with Crippen molar-refractivity contribution in [1.82, 2.24) is 4.90 Å². The first-order valence-corrected chi connectivity index (χ1v) is 10.4. The zero-order valence-electron chi connectivity index (χ0n) is 16.9. The third-order valence-electron chi connectivity index (χ3n) is 5.72. The molecule has 0 spiro atoms. The molecule has 0 atom stereocenters. The van der Waals surface area contributed by atoms with Gasteiger partial charge in [-0.2, -0.15) is 0 Å². The number of benzene rings is 2. The third kappa shape index (κ3) is 4.98. The van der Waals surface area contributed by atoms with Gasteiger partial charge in [-0.1, -0.05) is 43.5 Å². The first-order valence-electron chi connectivity index (χ1n) is 10.4. The molecule has 2 aromatic rings. The van der Waals surface area contributed by atoms with Gasteiger partial charge in [0, 0.05) is 24.4 Å². The highest BCUT2D eigenvalue weighted by atomic mass is 16.7. The van der Waals surface area contributed by atoms with Gasteiger partial charge in [0.1, 0.15) is 0 Å². The van der Waals surface area contributed by atoms with Crippen LogP contribution in [0.4, 0.5) is 5.69 Å². The molecular weight excluding hydrogens is 364 g/mol. The molecule has 152 valence electrons. The zero-order chi connectivity index (χ0) is 20.1. The monoisotopic (exact) mass is 392 g/mol. The van der Waals surface area contributed by atoms with Crippen molar-refractivity contribution in [2.45, 2.75) is 44.7 Å². The summed E-state index contributed by atoms with van der Waals surface area (Å²) in [6.45, 7) is 1.09. The highest BCUT2D eigenvalue weighted by Crippen LogP contribution is 2.32. The van der Waals surface area contributed by atoms with Gasteiger partial charge < -0.3 is 14.8 Å². The molecule has 1 fully saturated rings. The van der Waals surface area contributed by atoms with Crippen LogP contribution in [-0.2, 0) is 11.3 Å². The summed E-state index contributed by atoms with van der Waals surface area (Å²) in [7, 11) is 2.19. The molecule has 2 aromatic carbocycles. The molecule has 1 aliphatic heterocycles. The number of hydrogen-bond donors (Lipinski definition) is 1. The van der Waals surface area contributed by atoms with Gasteiger partial charge in [-0.25, -0.2) is 0 Å². The minimum atomic E-state index is -0.143. The van der Waals surface area contributed by atoms with Gasteiger partial charge in [0.05, 0.1) is 0 Å². The van der Waals surface area contributed by atoms with Crippen molar-refractivity contribution in [3.63, 3.8) is 0 Å². The number of nitrogens with one attached hydrogen (secondary N) is 1. The SMILES string of the molecule is CN(Cc1ccccc1NC(=O)/C=C/c1ccc2c(c1)OCO2)C1CCCCC1. The van der Waals surface area contributed by atoms with Crippen LogP contribution in [-0.4, -0.2) is 30.7 Å². The van der Waals surface area contributed by atoms with Crippen LogP contribution in [0.5, 0.6) is 11.5 Å². The predicted molar refractivity (Wildman–Crippen MR) is 115 cm³/mol.